The molecular formula is C46H52BN6O8S2. The van der Waals surface area contributed by atoms with Crippen LogP contribution in [0.15, 0.2) is 104 Å². The highest BCUT2D eigenvalue weighted by Gasteiger charge is 2.32. The number of sulfonamides is 2. The van der Waals surface area contributed by atoms with Crippen molar-refractivity contribution in [2.75, 3.05) is 52.4 Å². The second-order valence-corrected chi connectivity index (χ2v) is 20.2. The summed E-state index contributed by atoms with van der Waals surface area (Å²) in [6.07, 6.45) is 0. The van der Waals surface area contributed by atoms with Crippen LogP contribution in [0.1, 0.15) is 45.2 Å². The highest BCUT2D eigenvalue weighted by atomic mass is 32.2. The van der Waals surface area contributed by atoms with Gasteiger partial charge in [0.15, 0.2) is 0 Å². The van der Waals surface area contributed by atoms with Gasteiger partial charge in [0.05, 0.1) is 21.2 Å². The normalized spacial score (nSPS) is 16.0. The van der Waals surface area contributed by atoms with Crippen LogP contribution < -0.4 is 9.31 Å². The summed E-state index contributed by atoms with van der Waals surface area (Å²) in [5, 5.41) is 8.08. The molecule has 1 radical (unpaired) electrons. The third-order valence-electron chi connectivity index (χ3n) is 11.9. The Morgan fingerprint density at radius 1 is 0.540 bits per heavy atom. The molecule has 4 heterocycles. The van der Waals surface area contributed by atoms with Gasteiger partial charge in [-0.2, -0.15) is 8.61 Å². The maximum absolute atomic E-state index is 13.9. The summed E-state index contributed by atoms with van der Waals surface area (Å²) in [5.41, 5.74) is 8.11. The Bertz CT molecular complexity index is 2600. The molecule has 0 atom stereocenters. The zero-order chi connectivity index (χ0) is 44.5. The fourth-order valence-electron chi connectivity index (χ4n) is 8.48. The molecule has 329 valence electrons. The van der Waals surface area contributed by atoms with Gasteiger partial charge in [-0.1, -0.05) is 58.8 Å². The minimum atomic E-state index is -3.71. The molecule has 2 saturated heterocycles. The van der Waals surface area contributed by atoms with Gasteiger partial charge in [-0.25, -0.2) is 16.8 Å². The molecular weight excluding hydrogens is 839 g/mol. The van der Waals surface area contributed by atoms with Crippen molar-refractivity contribution in [1.82, 2.24) is 28.7 Å². The Kier molecular flexibility index (Phi) is 13.0. The number of aryl methyl sites for hydroxylation is 6. The molecule has 2 fully saturated rings. The molecule has 0 saturated carbocycles. The van der Waals surface area contributed by atoms with E-state index in [-0.39, 0.29) is 0 Å². The summed E-state index contributed by atoms with van der Waals surface area (Å²) >= 11 is 0. The summed E-state index contributed by atoms with van der Waals surface area (Å²) < 4.78 is 81.1. The lowest BCUT2D eigenvalue weighted by Gasteiger charge is -2.34. The predicted molar refractivity (Wildman–Crippen MR) is 240 cm³/mol. The molecule has 0 amide bonds. The van der Waals surface area contributed by atoms with Gasteiger partial charge in [-0.3, -0.25) is 9.80 Å². The van der Waals surface area contributed by atoms with Crippen LogP contribution in [0.2, 0.25) is 0 Å². The molecule has 2 aliphatic heterocycles. The monoisotopic (exact) mass is 891 g/mol. The van der Waals surface area contributed by atoms with Crippen LogP contribution in [0.4, 0.5) is 0 Å². The van der Waals surface area contributed by atoms with E-state index >= 15 is 0 Å². The zero-order valence-electron chi connectivity index (χ0n) is 36.5. The number of benzene rings is 4. The molecule has 0 spiro atoms. The van der Waals surface area contributed by atoms with Crippen LogP contribution >= 0.6 is 0 Å². The van der Waals surface area contributed by atoms with E-state index < -0.39 is 20.0 Å². The van der Waals surface area contributed by atoms with E-state index in [1.54, 1.807) is 20.7 Å². The van der Waals surface area contributed by atoms with E-state index in [0.29, 0.717) is 109 Å². The molecule has 6 aromatic rings. The van der Waals surface area contributed by atoms with Gasteiger partial charge in [0.2, 0.25) is 20.0 Å². The van der Waals surface area contributed by atoms with Gasteiger partial charge in [0, 0.05) is 76.6 Å². The molecule has 14 nitrogen and oxygen atoms in total. The van der Waals surface area contributed by atoms with Gasteiger partial charge in [-0.05, 0) is 111 Å². The molecule has 4 aromatic carbocycles. The van der Waals surface area contributed by atoms with E-state index in [1.807, 2.05) is 114 Å². The van der Waals surface area contributed by atoms with Crippen molar-refractivity contribution in [3.8, 4) is 33.8 Å². The minimum Gasteiger partial charge on any atom is -0.526 e. The largest absolute Gasteiger partial charge is 0.658 e. The van der Waals surface area contributed by atoms with E-state index in [1.165, 1.54) is 7.69 Å². The predicted octanol–water partition coefficient (Wildman–Crippen LogP) is 6.85. The highest BCUT2D eigenvalue weighted by molar-refractivity contribution is 7.89. The first kappa shape index (κ1) is 44.3. The van der Waals surface area contributed by atoms with Crippen molar-refractivity contribution in [3.05, 3.63) is 130 Å². The van der Waals surface area contributed by atoms with Crippen molar-refractivity contribution < 1.29 is 35.2 Å². The van der Waals surface area contributed by atoms with Crippen LogP contribution in [-0.2, 0) is 33.1 Å². The number of aromatic nitrogens is 2. The second kappa shape index (κ2) is 18.4. The average molecular weight is 892 g/mol. The van der Waals surface area contributed by atoms with Gasteiger partial charge in [-0.15, -0.1) is 0 Å². The lowest BCUT2D eigenvalue weighted by molar-refractivity contribution is 0.181. The Hall–Kier alpha value is -5.30. The number of hydrogen-bond donors (Lipinski definition) is 0. The van der Waals surface area contributed by atoms with E-state index in [4.69, 9.17) is 18.4 Å². The molecule has 0 bridgehead atoms. The van der Waals surface area contributed by atoms with E-state index in [9.17, 15) is 16.8 Å². The van der Waals surface area contributed by atoms with Crippen LogP contribution in [0.25, 0.3) is 22.3 Å². The molecule has 2 aliphatic rings. The molecule has 0 aliphatic carbocycles. The van der Waals surface area contributed by atoms with Gasteiger partial charge in [0.25, 0.3) is 0 Å². The summed E-state index contributed by atoms with van der Waals surface area (Å²) in [7, 11) is -6.11. The van der Waals surface area contributed by atoms with Crippen molar-refractivity contribution >= 4 is 27.7 Å². The van der Waals surface area contributed by atoms with Crippen LogP contribution in [0, 0.1) is 41.5 Å². The SMILES string of the molecule is Cc1ccc(-c2c(C)noc2C)cc1S(=O)(=O)N1CCN(Cc2cccc(O[B]Oc3cccc(CN4CCN(S(=O)(=O)c5cc(-c6c(C)noc6C)ccc5C)CC4)c3)c2)CC1. The standard InChI is InChI=1S/C46H52BN6O8S2/c1-31-13-15-39(45-33(3)48-60-35(45)5)27-43(31)62(54,55)52-21-17-50(18-22-52)29-37-9-7-11-41(25-37)58-47-59-42-12-8-10-38(26-42)30-51-19-23-53(24-20-51)63(56,57)44-28-40(16-14-32(44)2)46-34(4)49-61-36(46)6/h7-16,25-28H,17-24,29-30H2,1-6H3. The fraction of sp³-hybridized carbons (Fsp3) is 0.348. The smallest absolute Gasteiger partial charge is 0.526 e. The topological polar surface area (TPSA) is 152 Å². The first-order valence-corrected chi connectivity index (χ1v) is 23.9. The van der Waals surface area contributed by atoms with Gasteiger partial charge >= 0.3 is 7.69 Å². The van der Waals surface area contributed by atoms with Crippen molar-refractivity contribution in [1.29, 1.82) is 0 Å². The van der Waals surface area contributed by atoms with Crippen molar-refractivity contribution in [2.24, 2.45) is 0 Å². The third-order valence-corrected chi connectivity index (χ3v) is 16.0. The minimum absolute atomic E-state index is 0.302. The molecule has 8 rings (SSSR count). The van der Waals surface area contributed by atoms with E-state index in [0.717, 1.165) is 44.8 Å². The van der Waals surface area contributed by atoms with Gasteiger partial charge in [0.1, 0.15) is 23.0 Å². The first-order chi connectivity index (χ1) is 30.2. The third kappa shape index (κ3) is 9.64. The molecule has 17 heteroatoms. The van der Waals surface area contributed by atoms with Gasteiger partial charge < -0.3 is 18.4 Å². The van der Waals surface area contributed by atoms with Crippen molar-refractivity contribution in [2.45, 2.75) is 64.4 Å². The Balaban J connectivity index is 0.802. The number of piperazine rings is 2. The van der Waals surface area contributed by atoms with Crippen LogP contribution in [-0.4, -0.2) is 106 Å². The highest BCUT2D eigenvalue weighted by Crippen LogP contribution is 2.33. The maximum Gasteiger partial charge on any atom is 0.658 e. The van der Waals surface area contributed by atoms with Crippen LogP contribution in [0.5, 0.6) is 11.5 Å². The summed E-state index contributed by atoms with van der Waals surface area (Å²) in [6.45, 7) is 16.2. The van der Waals surface area contributed by atoms with E-state index in [2.05, 4.69) is 20.1 Å². The quantitative estimate of drug-likeness (QED) is 0.105. The maximum atomic E-state index is 13.9. The Morgan fingerprint density at radius 2 is 0.937 bits per heavy atom. The first-order valence-electron chi connectivity index (χ1n) is 21.0. The lowest BCUT2D eigenvalue weighted by Crippen LogP contribution is -2.48. The molecule has 2 aromatic heterocycles. The summed E-state index contributed by atoms with van der Waals surface area (Å²) in [5.74, 6) is 2.55. The molecule has 0 unspecified atom stereocenters. The van der Waals surface area contributed by atoms with Crippen molar-refractivity contribution in [3.63, 3.8) is 0 Å². The number of hydrogen-bond acceptors (Lipinski definition) is 12. The summed E-state index contributed by atoms with van der Waals surface area (Å²) in [4.78, 5) is 5.09. The molecule has 0 N–H and O–H groups in total. The fourth-order valence-corrected chi connectivity index (χ4v) is 11.8. The average Bonchev–Trinajstić information content (AvgIpc) is 3.79. The van der Waals surface area contributed by atoms with Crippen LogP contribution in [0.3, 0.4) is 0 Å². The zero-order valence-corrected chi connectivity index (χ0v) is 38.1. The summed E-state index contributed by atoms with van der Waals surface area (Å²) in [6, 6.07) is 26.5. The Morgan fingerprint density at radius 3 is 1.30 bits per heavy atom. The number of rotatable bonds is 14. The molecule has 63 heavy (non-hydrogen) atoms. The Labute approximate surface area is 370 Å². The second-order valence-electron chi connectivity index (χ2n) is 16.3. The number of nitrogens with zero attached hydrogens (tertiary/aromatic N) is 6. The lowest BCUT2D eigenvalue weighted by atomic mass is 10.0.